The number of rotatable bonds is 3. The second-order valence-electron chi connectivity index (χ2n) is 2.85. The fraction of sp³-hybridized carbons (Fsp3) is 0.143. The number of halogens is 4. The summed E-state index contributed by atoms with van der Waals surface area (Å²) in [6, 6.07) is 2.14. The molecule has 0 spiro atoms. The van der Waals surface area contributed by atoms with E-state index in [2.05, 4.69) is 4.74 Å². The molecule has 0 heterocycles. The summed E-state index contributed by atoms with van der Waals surface area (Å²) in [6.45, 7) is 0. The Hall–Kier alpha value is -1.55. The van der Waals surface area contributed by atoms with Gasteiger partial charge in [-0.15, -0.1) is 13.2 Å². The second kappa shape index (κ2) is 4.61. The lowest BCUT2D eigenvalue weighted by Crippen LogP contribution is -2.18. The summed E-state index contributed by atoms with van der Waals surface area (Å²) in [7, 11) is 0.0862. The Morgan fingerprint density at radius 3 is 2.28 bits per heavy atom. The van der Waals surface area contributed by atoms with E-state index >= 15 is 0 Å². The summed E-state index contributed by atoms with van der Waals surface area (Å²) in [4.78, 5) is 8.01. The van der Waals surface area contributed by atoms with E-state index in [1.54, 1.807) is 0 Å². The van der Waals surface area contributed by atoms with Gasteiger partial charge in [0.25, 0.3) is 14.7 Å². The molecule has 0 radical (unpaired) electrons. The molecule has 0 unspecified atom stereocenters. The molecule has 0 aliphatic rings. The zero-order chi connectivity index (χ0) is 14.1. The van der Waals surface area contributed by atoms with Crippen molar-refractivity contribution >= 4 is 25.4 Å². The highest BCUT2D eigenvalue weighted by Gasteiger charge is 2.37. The van der Waals surface area contributed by atoms with Crippen molar-refractivity contribution in [3.05, 3.63) is 28.3 Å². The topological polar surface area (TPSA) is 86.5 Å². The quantitative estimate of drug-likeness (QED) is 0.486. The van der Waals surface area contributed by atoms with E-state index in [4.69, 9.17) is 10.7 Å². The molecular weight excluding hydrogens is 303 g/mol. The summed E-state index contributed by atoms with van der Waals surface area (Å²) < 4.78 is 61.6. The number of alkyl halides is 3. The number of nitro benzene ring substituents is 1. The van der Waals surface area contributed by atoms with Gasteiger partial charge in [-0.25, -0.2) is 8.42 Å². The summed E-state index contributed by atoms with van der Waals surface area (Å²) >= 11 is 0. The standard InChI is InChI=1S/C7H3ClF3NO5S/c8-18(15,16)6-4(12(13)14)2-1-3-5(6)17-7(9,10)11/h1-3H. The van der Waals surface area contributed by atoms with Crippen LogP contribution in [0.5, 0.6) is 5.75 Å². The first-order chi connectivity index (χ1) is 8.02. The Labute approximate surface area is 102 Å². The van der Waals surface area contributed by atoms with Crippen LogP contribution < -0.4 is 4.74 Å². The molecule has 0 N–H and O–H groups in total. The molecule has 0 fully saturated rings. The monoisotopic (exact) mass is 305 g/mol. The molecule has 0 aliphatic carbocycles. The Bertz CT molecular complexity index is 585. The molecule has 6 nitrogen and oxygen atoms in total. The van der Waals surface area contributed by atoms with Crippen LogP contribution in [0.4, 0.5) is 18.9 Å². The van der Waals surface area contributed by atoms with Gasteiger partial charge in [0.15, 0.2) is 5.75 Å². The average molecular weight is 306 g/mol. The van der Waals surface area contributed by atoms with Crippen LogP contribution in [0.3, 0.4) is 0 Å². The largest absolute Gasteiger partial charge is 0.573 e. The first-order valence-electron chi connectivity index (χ1n) is 4.00. The number of ether oxygens (including phenoxy) is 1. The predicted octanol–water partition coefficient (Wildman–Crippen LogP) is 2.42. The molecular formula is C7H3ClF3NO5S. The minimum absolute atomic E-state index is 0.607. The van der Waals surface area contributed by atoms with Crippen LogP contribution in [0.15, 0.2) is 23.1 Å². The highest BCUT2D eigenvalue weighted by molar-refractivity contribution is 8.14. The first-order valence-corrected chi connectivity index (χ1v) is 6.31. The fourth-order valence-electron chi connectivity index (χ4n) is 1.10. The van der Waals surface area contributed by atoms with Crippen LogP contribution in [0, 0.1) is 10.1 Å². The van der Waals surface area contributed by atoms with Gasteiger partial charge in [0, 0.05) is 16.7 Å². The van der Waals surface area contributed by atoms with Crippen LogP contribution >= 0.6 is 10.7 Å². The van der Waals surface area contributed by atoms with Gasteiger partial charge in [0.05, 0.1) is 4.92 Å². The van der Waals surface area contributed by atoms with Crippen LogP contribution in [-0.2, 0) is 9.05 Å². The molecule has 1 aromatic rings. The van der Waals surface area contributed by atoms with E-state index < -0.39 is 36.7 Å². The smallest absolute Gasteiger partial charge is 0.404 e. The van der Waals surface area contributed by atoms with Crippen molar-refractivity contribution in [3.63, 3.8) is 0 Å². The molecule has 0 saturated carbocycles. The predicted molar refractivity (Wildman–Crippen MR) is 52.8 cm³/mol. The van der Waals surface area contributed by atoms with Gasteiger partial charge in [-0.3, -0.25) is 10.1 Å². The molecule has 0 amide bonds. The minimum Gasteiger partial charge on any atom is -0.404 e. The van der Waals surface area contributed by atoms with Gasteiger partial charge >= 0.3 is 6.36 Å². The maximum absolute atomic E-state index is 12.0. The van der Waals surface area contributed by atoms with Crippen molar-refractivity contribution in [2.45, 2.75) is 11.3 Å². The molecule has 1 aromatic carbocycles. The second-order valence-corrected chi connectivity index (χ2v) is 5.35. The van der Waals surface area contributed by atoms with Crippen LogP contribution in [0.2, 0.25) is 0 Å². The summed E-state index contributed by atoms with van der Waals surface area (Å²) in [5, 5.41) is 10.5. The van der Waals surface area contributed by atoms with Crippen molar-refractivity contribution < 1.29 is 31.2 Å². The van der Waals surface area contributed by atoms with Gasteiger partial charge in [-0.2, -0.15) is 0 Å². The third-order valence-electron chi connectivity index (χ3n) is 1.62. The van der Waals surface area contributed by atoms with Crippen molar-refractivity contribution in [2.24, 2.45) is 0 Å². The van der Waals surface area contributed by atoms with E-state index in [-0.39, 0.29) is 0 Å². The van der Waals surface area contributed by atoms with Crippen LogP contribution in [-0.4, -0.2) is 19.7 Å². The molecule has 18 heavy (non-hydrogen) atoms. The average Bonchev–Trinajstić information content (AvgIpc) is 2.12. The maximum atomic E-state index is 12.0. The summed E-state index contributed by atoms with van der Waals surface area (Å²) in [5.41, 5.74) is -1.10. The molecule has 0 aromatic heterocycles. The third kappa shape index (κ3) is 3.47. The Balaban J connectivity index is 3.54. The van der Waals surface area contributed by atoms with E-state index in [1.165, 1.54) is 0 Å². The Morgan fingerprint density at radius 2 is 1.89 bits per heavy atom. The molecule has 0 atom stereocenters. The van der Waals surface area contributed by atoms with Gasteiger partial charge in [0.1, 0.15) is 0 Å². The van der Waals surface area contributed by atoms with Crippen molar-refractivity contribution in [1.29, 1.82) is 0 Å². The Kier molecular flexibility index (Phi) is 3.72. The van der Waals surface area contributed by atoms with Gasteiger partial charge in [-0.05, 0) is 6.07 Å². The van der Waals surface area contributed by atoms with Crippen molar-refractivity contribution in [1.82, 2.24) is 0 Å². The number of benzene rings is 1. The van der Waals surface area contributed by atoms with Crippen molar-refractivity contribution in [2.75, 3.05) is 0 Å². The van der Waals surface area contributed by atoms with Crippen LogP contribution in [0.25, 0.3) is 0 Å². The summed E-state index contributed by atoms with van der Waals surface area (Å²) in [6.07, 6.45) is -5.20. The fourth-order valence-corrected chi connectivity index (χ4v) is 2.31. The number of hydrogen-bond acceptors (Lipinski definition) is 5. The normalized spacial score (nSPS) is 12.2. The lowest BCUT2D eigenvalue weighted by molar-refractivity contribution is -0.388. The number of nitro groups is 1. The highest BCUT2D eigenvalue weighted by Crippen LogP contribution is 2.37. The summed E-state index contributed by atoms with van der Waals surface area (Å²) in [5.74, 6) is -1.26. The maximum Gasteiger partial charge on any atom is 0.573 e. The highest BCUT2D eigenvalue weighted by atomic mass is 35.7. The van der Waals surface area contributed by atoms with Gasteiger partial charge in [0.2, 0.25) is 4.90 Å². The molecule has 1 rings (SSSR count). The zero-order valence-electron chi connectivity index (χ0n) is 8.14. The molecule has 0 aliphatic heterocycles. The third-order valence-corrected chi connectivity index (χ3v) is 2.99. The Morgan fingerprint density at radius 1 is 1.33 bits per heavy atom. The molecule has 100 valence electrons. The van der Waals surface area contributed by atoms with E-state index in [0.717, 1.165) is 6.07 Å². The van der Waals surface area contributed by atoms with E-state index in [1.807, 2.05) is 0 Å². The van der Waals surface area contributed by atoms with Gasteiger partial charge in [-0.1, -0.05) is 6.07 Å². The number of nitrogens with zero attached hydrogens (tertiary/aromatic N) is 1. The first kappa shape index (κ1) is 14.5. The zero-order valence-corrected chi connectivity index (χ0v) is 9.71. The van der Waals surface area contributed by atoms with Gasteiger partial charge < -0.3 is 4.74 Å². The lowest BCUT2D eigenvalue weighted by atomic mass is 10.3. The molecule has 11 heteroatoms. The SMILES string of the molecule is O=[N+]([O-])c1cccc(OC(F)(F)F)c1S(=O)(=O)Cl. The van der Waals surface area contributed by atoms with Crippen LogP contribution in [0.1, 0.15) is 0 Å². The number of hydrogen-bond donors (Lipinski definition) is 0. The molecule has 0 bridgehead atoms. The molecule has 0 saturated heterocycles. The van der Waals surface area contributed by atoms with E-state index in [9.17, 15) is 31.7 Å². The van der Waals surface area contributed by atoms with E-state index in [0.29, 0.717) is 12.1 Å². The van der Waals surface area contributed by atoms with Crippen molar-refractivity contribution in [3.8, 4) is 5.75 Å². The minimum atomic E-state index is -5.20. The lowest BCUT2D eigenvalue weighted by Gasteiger charge is -2.11.